The molecule has 1 saturated carbocycles. The van der Waals surface area contributed by atoms with E-state index in [1.54, 1.807) is 54.6 Å². The Morgan fingerprint density at radius 1 is 1.02 bits per heavy atom. The summed E-state index contributed by atoms with van der Waals surface area (Å²) in [7, 11) is -3.43. The van der Waals surface area contributed by atoms with Gasteiger partial charge in [0.05, 0.1) is 16.6 Å². The number of carbonyl (C=O) groups excluding carboxylic acids is 1. The van der Waals surface area contributed by atoms with Gasteiger partial charge in [-0.1, -0.05) is 36.4 Å². The Bertz CT molecular complexity index is 1720. The van der Waals surface area contributed by atoms with Gasteiger partial charge in [0.25, 0.3) is 5.91 Å². The molecule has 1 unspecified atom stereocenters. The summed E-state index contributed by atoms with van der Waals surface area (Å²) < 4.78 is 66.2. The first-order chi connectivity index (χ1) is 19.9. The van der Waals surface area contributed by atoms with E-state index in [-0.39, 0.29) is 28.9 Å². The Kier molecular flexibility index (Phi) is 8.22. The first-order valence-corrected chi connectivity index (χ1v) is 15.2. The Balaban J connectivity index is 1.47. The second-order valence-electron chi connectivity index (χ2n) is 10.4. The fourth-order valence-electron chi connectivity index (χ4n) is 4.64. The molecule has 8 nitrogen and oxygen atoms in total. The lowest BCUT2D eigenvalue weighted by atomic mass is 9.98. The van der Waals surface area contributed by atoms with Gasteiger partial charge in [0.1, 0.15) is 5.69 Å². The Labute approximate surface area is 241 Å². The van der Waals surface area contributed by atoms with Crippen LogP contribution in [0.15, 0.2) is 83.8 Å². The second kappa shape index (κ2) is 11.7. The largest absolute Gasteiger partial charge is 0.435 e. The molecule has 0 saturated heterocycles. The lowest BCUT2D eigenvalue weighted by Crippen LogP contribution is -2.25. The fraction of sp³-hybridized carbons (Fsp3) is 0.267. The van der Waals surface area contributed by atoms with E-state index in [4.69, 9.17) is 5.73 Å². The molecular formula is C30H30F3N5O3S. The molecule has 0 spiro atoms. The molecule has 0 radical (unpaired) electrons. The zero-order chi connectivity index (χ0) is 30.1. The first-order valence-electron chi connectivity index (χ1n) is 13.3. The SMILES string of the molecule is CS(=O)(=O)c1cccc(C(NCC2CC2)c2cccc(NC(=O)c3cc(C(F)(F)F)nn3-c3cccc(CN)c3)c2)c1. The van der Waals surface area contributed by atoms with Gasteiger partial charge in [0.15, 0.2) is 15.5 Å². The molecule has 0 bridgehead atoms. The minimum absolute atomic E-state index is 0.165. The number of sulfone groups is 1. The average Bonchev–Trinajstić information content (AvgIpc) is 3.66. The maximum atomic E-state index is 13.6. The molecule has 3 aromatic carbocycles. The van der Waals surface area contributed by atoms with Gasteiger partial charge < -0.3 is 16.4 Å². The number of nitrogens with two attached hydrogens (primary N) is 1. The van der Waals surface area contributed by atoms with Gasteiger partial charge in [-0.15, -0.1) is 0 Å². The molecule has 0 aliphatic heterocycles. The standard InChI is InChI=1S/C30H30F3N5O3S/c1-42(40,41)25-10-4-7-22(15-25)28(35-18-19-11-12-19)21-6-3-8-23(14-21)36-29(39)26-16-27(30(31,32)33)37-38(26)24-9-2-5-20(13-24)17-34/h2-10,13-16,19,28,35H,11-12,17-18,34H2,1H3,(H,36,39). The summed E-state index contributed by atoms with van der Waals surface area (Å²) in [6.45, 7) is 0.893. The summed E-state index contributed by atoms with van der Waals surface area (Å²) in [5.41, 5.74) is 6.97. The van der Waals surface area contributed by atoms with Crippen LogP contribution in [0.1, 0.15) is 51.8 Å². The van der Waals surface area contributed by atoms with Crippen LogP contribution in [0.2, 0.25) is 0 Å². The van der Waals surface area contributed by atoms with Crippen molar-refractivity contribution in [3.05, 3.63) is 107 Å². The monoisotopic (exact) mass is 597 g/mol. The van der Waals surface area contributed by atoms with Gasteiger partial charge in [-0.05, 0) is 78.4 Å². The van der Waals surface area contributed by atoms with E-state index in [0.717, 1.165) is 41.5 Å². The zero-order valence-corrected chi connectivity index (χ0v) is 23.5. The predicted octanol–water partition coefficient (Wildman–Crippen LogP) is 5.09. The van der Waals surface area contributed by atoms with Crippen LogP contribution in [0.25, 0.3) is 5.69 Å². The number of nitrogens with one attached hydrogen (secondary N) is 2. The third-order valence-electron chi connectivity index (χ3n) is 7.03. The Morgan fingerprint density at radius 3 is 2.38 bits per heavy atom. The van der Waals surface area contributed by atoms with Crippen LogP contribution >= 0.6 is 0 Å². The Hall–Kier alpha value is -4.00. The number of hydrogen-bond acceptors (Lipinski definition) is 6. The number of hydrogen-bond donors (Lipinski definition) is 3. The molecule has 12 heteroatoms. The summed E-state index contributed by atoms with van der Waals surface area (Å²) in [5, 5.41) is 9.90. The van der Waals surface area contributed by atoms with Gasteiger partial charge >= 0.3 is 6.18 Å². The highest BCUT2D eigenvalue weighted by Crippen LogP contribution is 2.32. The fourth-order valence-corrected chi connectivity index (χ4v) is 5.32. The summed E-state index contributed by atoms with van der Waals surface area (Å²) in [6.07, 6.45) is -1.38. The summed E-state index contributed by atoms with van der Waals surface area (Å²) in [5.74, 6) is -0.246. The van der Waals surface area contributed by atoms with E-state index in [1.807, 2.05) is 12.1 Å². The summed E-state index contributed by atoms with van der Waals surface area (Å²) in [6, 6.07) is 20.4. The van der Waals surface area contributed by atoms with Crippen LogP contribution < -0.4 is 16.4 Å². The van der Waals surface area contributed by atoms with Crippen molar-refractivity contribution in [2.75, 3.05) is 18.1 Å². The highest BCUT2D eigenvalue weighted by atomic mass is 32.2. The van der Waals surface area contributed by atoms with Crippen molar-refractivity contribution in [3.8, 4) is 5.69 Å². The highest BCUT2D eigenvalue weighted by molar-refractivity contribution is 7.90. The molecule has 4 N–H and O–H groups in total. The lowest BCUT2D eigenvalue weighted by molar-refractivity contribution is -0.141. The van der Waals surface area contributed by atoms with Crippen LogP contribution in [-0.4, -0.2) is 36.9 Å². The molecule has 1 aliphatic rings. The van der Waals surface area contributed by atoms with Crippen LogP contribution in [0.4, 0.5) is 18.9 Å². The first kappa shape index (κ1) is 29.5. The number of nitrogens with zero attached hydrogens (tertiary/aromatic N) is 2. The molecule has 5 rings (SSSR count). The van der Waals surface area contributed by atoms with Crippen LogP contribution in [0, 0.1) is 5.92 Å². The minimum atomic E-state index is -4.76. The molecule has 4 aromatic rings. The number of rotatable bonds is 10. The van der Waals surface area contributed by atoms with Gasteiger partial charge in [-0.2, -0.15) is 18.3 Å². The molecule has 42 heavy (non-hydrogen) atoms. The smallest absolute Gasteiger partial charge is 0.326 e. The lowest BCUT2D eigenvalue weighted by Gasteiger charge is -2.21. The number of benzene rings is 3. The van der Waals surface area contributed by atoms with Gasteiger partial charge in [-0.25, -0.2) is 13.1 Å². The van der Waals surface area contributed by atoms with Gasteiger partial charge in [0.2, 0.25) is 0 Å². The number of alkyl halides is 3. The highest BCUT2D eigenvalue weighted by Gasteiger charge is 2.36. The second-order valence-corrected chi connectivity index (χ2v) is 12.4. The van der Waals surface area contributed by atoms with Crippen LogP contribution in [0.3, 0.4) is 0 Å². The predicted molar refractivity (Wildman–Crippen MR) is 153 cm³/mol. The van der Waals surface area contributed by atoms with Crippen molar-refractivity contribution < 1.29 is 26.4 Å². The van der Waals surface area contributed by atoms with E-state index in [0.29, 0.717) is 23.2 Å². The molecule has 220 valence electrons. The number of carbonyl (C=O) groups is 1. The Morgan fingerprint density at radius 2 is 1.71 bits per heavy atom. The van der Waals surface area contributed by atoms with E-state index < -0.39 is 27.6 Å². The summed E-state index contributed by atoms with van der Waals surface area (Å²) >= 11 is 0. The van der Waals surface area contributed by atoms with Gasteiger partial charge in [-0.3, -0.25) is 4.79 Å². The molecule has 1 atom stereocenters. The summed E-state index contributed by atoms with van der Waals surface area (Å²) in [4.78, 5) is 13.6. The quantitative estimate of drug-likeness (QED) is 0.234. The van der Waals surface area contributed by atoms with Crippen molar-refractivity contribution in [2.24, 2.45) is 11.7 Å². The zero-order valence-electron chi connectivity index (χ0n) is 22.7. The van der Waals surface area contributed by atoms with Crippen LogP contribution in [0.5, 0.6) is 0 Å². The van der Waals surface area contributed by atoms with E-state index >= 15 is 0 Å². The molecule has 1 fully saturated rings. The van der Waals surface area contributed by atoms with Gasteiger partial charge in [0, 0.05) is 24.6 Å². The maximum Gasteiger partial charge on any atom is 0.435 e. The normalized spacial score (nSPS) is 14.5. The van der Waals surface area contributed by atoms with E-state index in [2.05, 4.69) is 15.7 Å². The van der Waals surface area contributed by atoms with Crippen molar-refractivity contribution in [3.63, 3.8) is 0 Å². The maximum absolute atomic E-state index is 13.6. The minimum Gasteiger partial charge on any atom is -0.326 e. The van der Waals surface area contributed by atoms with E-state index in [1.165, 1.54) is 6.07 Å². The molecule has 1 aromatic heterocycles. The number of amides is 1. The van der Waals surface area contributed by atoms with Crippen LogP contribution in [-0.2, 0) is 22.6 Å². The van der Waals surface area contributed by atoms with Crippen molar-refractivity contribution in [1.82, 2.24) is 15.1 Å². The number of halogens is 3. The van der Waals surface area contributed by atoms with E-state index in [9.17, 15) is 26.4 Å². The van der Waals surface area contributed by atoms with Crippen molar-refractivity contribution >= 4 is 21.4 Å². The molecule has 1 amide bonds. The van der Waals surface area contributed by atoms with Crippen molar-refractivity contribution in [2.45, 2.75) is 36.5 Å². The molecular weight excluding hydrogens is 567 g/mol. The topological polar surface area (TPSA) is 119 Å². The van der Waals surface area contributed by atoms with Crippen molar-refractivity contribution in [1.29, 1.82) is 0 Å². The molecule has 1 aliphatic carbocycles. The molecule has 1 heterocycles. The number of aromatic nitrogens is 2. The third-order valence-corrected chi connectivity index (χ3v) is 8.14. The third kappa shape index (κ3) is 6.89. The number of anilines is 1. The average molecular weight is 598 g/mol.